The van der Waals surface area contributed by atoms with E-state index in [1.54, 1.807) is 0 Å². The molecule has 1 aromatic heterocycles. The molecule has 0 saturated heterocycles. The van der Waals surface area contributed by atoms with Crippen LogP contribution in [0.1, 0.15) is 18.9 Å². The standard InChI is InChI=1S/C17H14IN3/c1-2-9-21-16-8-3-12(11-19)10-15(16)20-17(21)13-4-6-14(18)7-5-13/h3-8,10H,2,9H2,1H3. The van der Waals surface area contributed by atoms with Gasteiger partial charge in [-0.15, -0.1) is 0 Å². The van der Waals surface area contributed by atoms with Crippen LogP contribution in [-0.4, -0.2) is 9.55 Å². The van der Waals surface area contributed by atoms with E-state index in [1.807, 2.05) is 18.2 Å². The van der Waals surface area contributed by atoms with Gasteiger partial charge in [0.1, 0.15) is 5.82 Å². The highest BCUT2D eigenvalue weighted by Crippen LogP contribution is 2.26. The molecule has 0 spiro atoms. The maximum atomic E-state index is 9.04. The molecule has 0 unspecified atom stereocenters. The lowest BCUT2D eigenvalue weighted by atomic mass is 10.2. The van der Waals surface area contributed by atoms with Gasteiger partial charge in [0.05, 0.1) is 22.7 Å². The molecule has 104 valence electrons. The lowest BCUT2D eigenvalue weighted by molar-refractivity contribution is 0.704. The molecular weight excluding hydrogens is 373 g/mol. The van der Waals surface area contributed by atoms with Gasteiger partial charge in [0.15, 0.2) is 0 Å². The lowest BCUT2D eigenvalue weighted by Gasteiger charge is -2.07. The molecule has 0 amide bonds. The first-order valence-corrected chi connectivity index (χ1v) is 7.97. The van der Waals surface area contributed by atoms with Crippen molar-refractivity contribution in [2.75, 3.05) is 0 Å². The van der Waals surface area contributed by atoms with E-state index in [9.17, 15) is 0 Å². The van der Waals surface area contributed by atoms with Crippen LogP contribution in [0.25, 0.3) is 22.4 Å². The van der Waals surface area contributed by atoms with Crippen molar-refractivity contribution < 1.29 is 0 Å². The minimum atomic E-state index is 0.651. The van der Waals surface area contributed by atoms with Crippen molar-refractivity contribution in [2.45, 2.75) is 19.9 Å². The molecule has 0 atom stereocenters. The molecule has 0 radical (unpaired) electrons. The van der Waals surface area contributed by atoms with Crippen molar-refractivity contribution in [2.24, 2.45) is 0 Å². The van der Waals surface area contributed by atoms with Gasteiger partial charge in [0.25, 0.3) is 0 Å². The van der Waals surface area contributed by atoms with E-state index in [1.165, 1.54) is 3.57 Å². The minimum absolute atomic E-state index is 0.651. The largest absolute Gasteiger partial charge is 0.324 e. The predicted octanol–water partition coefficient (Wildman–Crippen LogP) is 4.59. The van der Waals surface area contributed by atoms with Crippen LogP contribution in [0.15, 0.2) is 42.5 Å². The molecule has 1 heterocycles. The van der Waals surface area contributed by atoms with Crippen molar-refractivity contribution in [3.05, 3.63) is 51.6 Å². The van der Waals surface area contributed by atoms with Crippen LogP contribution in [0.2, 0.25) is 0 Å². The molecule has 3 nitrogen and oxygen atoms in total. The van der Waals surface area contributed by atoms with Crippen LogP contribution in [0.5, 0.6) is 0 Å². The second kappa shape index (κ2) is 5.86. The number of hydrogen-bond donors (Lipinski definition) is 0. The number of nitrogens with zero attached hydrogens (tertiary/aromatic N) is 3. The van der Waals surface area contributed by atoms with Crippen molar-refractivity contribution in [1.29, 1.82) is 5.26 Å². The molecule has 0 saturated carbocycles. The molecular formula is C17H14IN3. The molecule has 0 aliphatic carbocycles. The van der Waals surface area contributed by atoms with Crippen LogP contribution in [0.3, 0.4) is 0 Å². The Labute approximate surface area is 137 Å². The molecule has 21 heavy (non-hydrogen) atoms. The molecule has 0 aliphatic heterocycles. The smallest absolute Gasteiger partial charge is 0.141 e. The Morgan fingerprint density at radius 1 is 1.19 bits per heavy atom. The highest BCUT2D eigenvalue weighted by molar-refractivity contribution is 14.1. The molecule has 0 aliphatic rings. The van der Waals surface area contributed by atoms with Gasteiger partial charge in [-0.2, -0.15) is 5.26 Å². The number of rotatable bonds is 3. The van der Waals surface area contributed by atoms with Gasteiger partial charge < -0.3 is 4.57 Å². The van der Waals surface area contributed by atoms with Crippen molar-refractivity contribution in [3.8, 4) is 17.5 Å². The number of halogens is 1. The van der Waals surface area contributed by atoms with Crippen molar-refractivity contribution >= 4 is 33.6 Å². The topological polar surface area (TPSA) is 41.6 Å². The number of aromatic nitrogens is 2. The molecule has 2 aromatic carbocycles. The van der Waals surface area contributed by atoms with E-state index in [0.717, 1.165) is 35.4 Å². The summed E-state index contributed by atoms with van der Waals surface area (Å²) in [6.07, 6.45) is 1.04. The quantitative estimate of drug-likeness (QED) is 0.617. The maximum absolute atomic E-state index is 9.04. The van der Waals surface area contributed by atoms with Gasteiger partial charge in [0.2, 0.25) is 0 Å². The second-order valence-electron chi connectivity index (χ2n) is 4.91. The third kappa shape index (κ3) is 2.66. The number of aryl methyl sites for hydroxylation is 1. The van der Waals surface area contributed by atoms with Crippen LogP contribution in [-0.2, 0) is 6.54 Å². The average molecular weight is 387 g/mol. The summed E-state index contributed by atoms with van der Waals surface area (Å²) in [4.78, 5) is 4.75. The fourth-order valence-electron chi connectivity index (χ4n) is 2.47. The van der Waals surface area contributed by atoms with Crippen molar-refractivity contribution in [3.63, 3.8) is 0 Å². The van der Waals surface area contributed by atoms with E-state index < -0.39 is 0 Å². The fraction of sp³-hybridized carbons (Fsp3) is 0.176. The first-order valence-electron chi connectivity index (χ1n) is 6.89. The zero-order valence-electron chi connectivity index (χ0n) is 11.7. The summed E-state index contributed by atoms with van der Waals surface area (Å²) in [5.74, 6) is 0.971. The van der Waals surface area contributed by atoms with E-state index >= 15 is 0 Å². The van der Waals surface area contributed by atoms with Gasteiger partial charge in [-0.25, -0.2) is 4.98 Å². The Morgan fingerprint density at radius 3 is 2.62 bits per heavy atom. The molecule has 0 bridgehead atoms. The summed E-state index contributed by atoms with van der Waals surface area (Å²) < 4.78 is 3.44. The Morgan fingerprint density at radius 2 is 1.95 bits per heavy atom. The number of nitriles is 1. The van der Waals surface area contributed by atoms with Crippen LogP contribution < -0.4 is 0 Å². The molecule has 0 fully saturated rings. The first kappa shape index (κ1) is 14.1. The fourth-order valence-corrected chi connectivity index (χ4v) is 2.83. The number of fused-ring (bicyclic) bond motifs is 1. The lowest BCUT2D eigenvalue weighted by Crippen LogP contribution is -1.99. The molecule has 3 aromatic rings. The van der Waals surface area contributed by atoms with Gasteiger partial charge in [-0.1, -0.05) is 19.1 Å². The van der Waals surface area contributed by atoms with Crippen LogP contribution >= 0.6 is 22.6 Å². The second-order valence-corrected chi connectivity index (χ2v) is 6.15. The van der Waals surface area contributed by atoms with Crippen LogP contribution in [0.4, 0.5) is 0 Å². The van der Waals surface area contributed by atoms with Crippen LogP contribution in [0, 0.1) is 14.9 Å². The predicted molar refractivity (Wildman–Crippen MR) is 92.9 cm³/mol. The zero-order valence-corrected chi connectivity index (χ0v) is 13.8. The van der Waals surface area contributed by atoms with E-state index in [4.69, 9.17) is 10.2 Å². The van der Waals surface area contributed by atoms with E-state index in [2.05, 4.69) is 64.4 Å². The van der Waals surface area contributed by atoms with Gasteiger partial charge >= 0.3 is 0 Å². The number of hydrogen-bond acceptors (Lipinski definition) is 2. The number of imidazole rings is 1. The number of benzene rings is 2. The molecule has 0 N–H and O–H groups in total. The maximum Gasteiger partial charge on any atom is 0.141 e. The average Bonchev–Trinajstić information content (AvgIpc) is 2.86. The summed E-state index contributed by atoms with van der Waals surface area (Å²) in [5, 5.41) is 9.04. The highest BCUT2D eigenvalue weighted by atomic mass is 127. The molecule has 3 rings (SSSR count). The zero-order chi connectivity index (χ0) is 14.8. The summed E-state index contributed by atoms with van der Waals surface area (Å²) in [6.45, 7) is 3.08. The van der Waals surface area contributed by atoms with Gasteiger partial charge in [-0.3, -0.25) is 0 Å². The summed E-state index contributed by atoms with van der Waals surface area (Å²) >= 11 is 2.30. The monoisotopic (exact) mass is 387 g/mol. The Hall–Kier alpha value is -1.87. The Kier molecular flexibility index (Phi) is 3.93. The Bertz CT molecular complexity index is 826. The van der Waals surface area contributed by atoms with Gasteiger partial charge in [-0.05, 0) is 59.3 Å². The normalized spacial score (nSPS) is 10.7. The molecule has 4 heteroatoms. The van der Waals surface area contributed by atoms with Gasteiger partial charge in [0, 0.05) is 15.7 Å². The van der Waals surface area contributed by atoms with E-state index in [-0.39, 0.29) is 0 Å². The third-order valence-corrected chi connectivity index (χ3v) is 4.15. The summed E-state index contributed by atoms with van der Waals surface area (Å²) in [6, 6.07) is 16.3. The third-order valence-electron chi connectivity index (χ3n) is 3.43. The minimum Gasteiger partial charge on any atom is -0.324 e. The van der Waals surface area contributed by atoms with Crippen molar-refractivity contribution in [1.82, 2.24) is 9.55 Å². The summed E-state index contributed by atoms with van der Waals surface area (Å²) in [7, 11) is 0. The summed E-state index contributed by atoms with van der Waals surface area (Å²) in [5.41, 5.74) is 3.73. The van der Waals surface area contributed by atoms with E-state index in [0.29, 0.717) is 5.56 Å². The Balaban J connectivity index is 2.23. The SMILES string of the molecule is CCCn1c(-c2ccc(I)cc2)nc2cc(C#N)ccc21. The first-order chi connectivity index (χ1) is 10.2. The highest BCUT2D eigenvalue weighted by Gasteiger charge is 2.12.